The fourth-order valence-corrected chi connectivity index (χ4v) is 3.31. The summed E-state index contributed by atoms with van der Waals surface area (Å²) >= 11 is 1.72. The summed E-state index contributed by atoms with van der Waals surface area (Å²) in [6, 6.07) is 8.16. The van der Waals surface area contributed by atoms with Gasteiger partial charge in [-0.15, -0.1) is 12.4 Å². The zero-order valence-corrected chi connectivity index (χ0v) is 14.4. The van der Waals surface area contributed by atoms with Crippen LogP contribution in [0.5, 0.6) is 0 Å². The number of carbonyl (C=O) groups excluding carboxylic acids is 1. The second-order valence-corrected chi connectivity index (χ2v) is 7.02. The smallest absolute Gasteiger partial charge is 0.236 e. The normalized spacial score (nSPS) is 16.7. The molecule has 0 radical (unpaired) electrons. The van der Waals surface area contributed by atoms with E-state index in [0.29, 0.717) is 6.54 Å². The van der Waals surface area contributed by atoms with E-state index in [1.807, 2.05) is 6.26 Å². The summed E-state index contributed by atoms with van der Waals surface area (Å²) in [5.74, 6) is 0.910. The molecule has 1 aliphatic carbocycles. The lowest BCUT2D eigenvalue weighted by molar-refractivity contribution is -0.122. The van der Waals surface area contributed by atoms with Crippen LogP contribution in [0.15, 0.2) is 24.3 Å². The van der Waals surface area contributed by atoms with Gasteiger partial charge in [-0.1, -0.05) is 31.2 Å². The van der Waals surface area contributed by atoms with Gasteiger partial charge >= 0.3 is 0 Å². The van der Waals surface area contributed by atoms with Gasteiger partial charge in [0.05, 0.1) is 6.04 Å². The highest BCUT2D eigenvalue weighted by Gasteiger charge is 2.33. The summed E-state index contributed by atoms with van der Waals surface area (Å²) in [6.45, 7) is 2.94. The van der Waals surface area contributed by atoms with E-state index in [1.54, 1.807) is 11.8 Å². The molecule has 118 valence electrons. The van der Waals surface area contributed by atoms with Gasteiger partial charge in [-0.2, -0.15) is 11.8 Å². The molecule has 0 spiro atoms. The minimum atomic E-state index is -0.380. The summed E-state index contributed by atoms with van der Waals surface area (Å²) in [4.78, 5) is 12.0. The summed E-state index contributed by atoms with van der Waals surface area (Å²) in [7, 11) is 0. The Bertz CT molecular complexity index is 456. The maximum absolute atomic E-state index is 12.0. The summed E-state index contributed by atoms with van der Waals surface area (Å²) in [5, 5.41) is 3.04. The van der Waals surface area contributed by atoms with Gasteiger partial charge in [-0.05, 0) is 47.8 Å². The van der Waals surface area contributed by atoms with Crippen LogP contribution in [0, 0.1) is 5.41 Å². The van der Waals surface area contributed by atoms with Crippen LogP contribution in [0.4, 0.5) is 0 Å². The van der Waals surface area contributed by atoms with Crippen molar-refractivity contribution in [3.05, 3.63) is 35.4 Å². The van der Waals surface area contributed by atoms with Crippen molar-refractivity contribution in [2.45, 2.75) is 32.2 Å². The first kappa shape index (κ1) is 18.3. The number of fused-ring (bicyclic) bond motifs is 1. The van der Waals surface area contributed by atoms with Crippen LogP contribution in [-0.4, -0.2) is 30.5 Å². The van der Waals surface area contributed by atoms with Crippen LogP contribution < -0.4 is 11.1 Å². The number of rotatable bonds is 6. The molecule has 5 heteroatoms. The quantitative estimate of drug-likeness (QED) is 0.843. The van der Waals surface area contributed by atoms with Gasteiger partial charge in [0.15, 0.2) is 0 Å². The topological polar surface area (TPSA) is 55.1 Å². The van der Waals surface area contributed by atoms with E-state index in [2.05, 4.69) is 36.5 Å². The van der Waals surface area contributed by atoms with Crippen LogP contribution >= 0.6 is 24.2 Å². The van der Waals surface area contributed by atoms with Gasteiger partial charge in [-0.25, -0.2) is 0 Å². The highest BCUT2D eigenvalue weighted by Crippen LogP contribution is 2.35. The lowest BCUT2D eigenvalue weighted by Gasteiger charge is -2.25. The minimum Gasteiger partial charge on any atom is -0.354 e. The van der Waals surface area contributed by atoms with Crippen LogP contribution in [0.3, 0.4) is 0 Å². The number of hydrogen-bond acceptors (Lipinski definition) is 3. The van der Waals surface area contributed by atoms with E-state index in [-0.39, 0.29) is 29.8 Å². The van der Waals surface area contributed by atoms with E-state index < -0.39 is 0 Å². The second-order valence-electron chi connectivity index (χ2n) is 6.04. The number of hydrogen-bond donors (Lipinski definition) is 2. The molecule has 0 bridgehead atoms. The van der Waals surface area contributed by atoms with Crippen LogP contribution in [0.25, 0.3) is 0 Å². The standard InChI is InChI=1S/C16H24N2OS.ClH/c1-16(9-12-5-3-4-6-13(12)10-16)11-18-15(19)14(17)7-8-20-2;/h3-6,14H,7-11,17H2,1-2H3,(H,18,19);1H. The first-order chi connectivity index (χ1) is 9.54. The Kier molecular flexibility index (Phi) is 7.04. The van der Waals surface area contributed by atoms with E-state index in [9.17, 15) is 4.79 Å². The van der Waals surface area contributed by atoms with Gasteiger partial charge in [0.25, 0.3) is 0 Å². The van der Waals surface area contributed by atoms with Crippen molar-refractivity contribution < 1.29 is 4.79 Å². The predicted molar refractivity (Wildman–Crippen MR) is 93.2 cm³/mol. The third kappa shape index (κ3) is 4.90. The van der Waals surface area contributed by atoms with Crippen LogP contribution in [0.1, 0.15) is 24.5 Å². The van der Waals surface area contributed by atoms with Crippen molar-refractivity contribution in [1.82, 2.24) is 5.32 Å². The maximum atomic E-state index is 12.0. The molecule has 0 aromatic heterocycles. The molecule has 3 N–H and O–H groups in total. The number of thioether (sulfide) groups is 1. The summed E-state index contributed by atoms with van der Waals surface area (Å²) in [6.07, 6.45) is 4.83. The van der Waals surface area contributed by atoms with Gasteiger partial charge < -0.3 is 11.1 Å². The first-order valence-electron chi connectivity index (χ1n) is 7.13. The number of halogens is 1. The highest BCUT2D eigenvalue weighted by molar-refractivity contribution is 7.98. The van der Waals surface area contributed by atoms with E-state index in [0.717, 1.165) is 25.0 Å². The first-order valence-corrected chi connectivity index (χ1v) is 8.52. The Morgan fingerprint density at radius 2 is 1.95 bits per heavy atom. The van der Waals surface area contributed by atoms with Gasteiger partial charge in [0.2, 0.25) is 5.91 Å². The monoisotopic (exact) mass is 328 g/mol. The number of nitrogens with two attached hydrogens (primary N) is 1. The van der Waals surface area contributed by atoms with Crippen molar-refractivity contribution in [3.63, 3.8) is 0 Å². The molecule has 0 saturated heterocycles. The fraction of sp³-hybridized carbons (Fsp3) is 0.562. The lowest BCUT2D eigenvalue weighted by atomic mass is 9.87. The molecule has 2 rings (SSSR count). The molecule has 21 heavy (non-hydrogen) atoms. The van der Waals surface area contributed by atoms with Gasteiger partial charge in [-0.3, -0.25) is 4.79 Å². The van der Waals surface area contributed by atoms with Crippen LogP contribution in [-0.2, 0) is 17.6 Å². The molecule has 1 atom stereocenters. The van der Waals surface area contributed by atoms with E-state index >= 15 is 0 Å². The second kappa shape index (κ2) is 8.06. The minimum absolute atomic E-state index is 0. The molecular weight excluding hydrogens is 304 g/mol. The SMILES string of the molecule is CSCCC(N)C(=O)NCC1(C)Cc2ccccc2C1.Cl. The summed E-state index contributed by atoms with van der Waals surface area (Å²) in [5.41, 5.74) is 8.84. The average molecular weight is 329 g/mol. The van der Waals surface area contributed by atoms with Crippen LogP contribution in [0.2, 0.25) is 0 Å². The van der Waals surface area contributed by atoms with Gasteiger partial charge in [0.1, 0.15) is 0 Å². The zero-order valence-electron chi connectivity index (χ0n) is 12.7. The zero-order chi connectivity index (χ0) is 14.6. The number of amides is 1. The molecule has 0 aliphatic heterocycles. The Balaban J connectivity index is 0.00000220. The Morgan fingerprint density at radius 3 is 2.48 bits per heavy atom. The number of carbonyl (C=O) groups is 1. The molecular formula is C16H25ClN2OS. The largest absolute Gasteiger partial charge is 0.354 e. The van der Waals surface area contributed by atoms with E-state index in [1.165, 1.54) is 11.1 Å². The third-order valence-electron chi connectivity index (χ3n) is 4.01. The molecule has 1 unspecified atom stereocenters. The van der Waals surface area contributed by atoms with Crippen molar-refractivity contribution in [2.24, 2.45) is 11.1 Å². The number of benzene rings is 1. The summed E-state index contributed by atoms with van der Waals surface area (Å²) < 4.78 is 0. The van der Waals surface area contributed by atoms with Crippen molar-refractivity contribution >= 4 is 30.1 Å². The maximum Gasteiger partial charge on any atom is 0.236 e. The Morgan fingerprint density at radius 1 is 1.38 bits per heavy atom. The Hall–Kier alpha value is -0.710. The molecule has 1 aromatic rings. The van der Waals surface area contributed by atoms with Gasteiger partial charge in [0, 0.05) is 6.54 Å². The van der Waals surface area contributed by atoms with Crippen molar-refractivity contribution in [2.75, 3.05) is 18.6 Å². The molecule has 0 saturated carbocycles. The van der Waals surface area contributed by atoms with Crippen molar-refractivity contribution in [3.8, 4) is 0 Å². The molecule has 1 amide bonds. The van der Waals surface area contributed by atoms with E-state index in [4.69, 9.17) is 5.73 Å². The Labute approximate surface area is 137 Å². The number of nitrogens with one attached hydrogen (secondary N) is 1. The fourth-order valence-electron chi connectivity index (χ4n) is 2.82. The lowest BCUT2D eigenvalue weighted by Crippen LogP contribution is -2.45. The molecule has 1 aromatic carbocycles. The molecule has 1 aliphatic rings. The molecule has 0 fully saturated rings. The average Bonchev–Trinajstić information content (AvgIpc) is 2.78. The molecule has 0 heterocycles. The predicted octanol–water partition coefficient (Wildman–Crippen LogP) is 2.41. The van der Waals surface area contributed by atoms with Crippen molar-refractivity contribution in [1.29, 1.82) is 0 Å². The third-order valence-corrected chi connectivity index (χ3v) is 4.66. The highest BCUT2D eigenvalue weighted by atomic mass is 35.5. The molecule has 3 nitrogen and oxygen atoms in total.